The van der Waals surface area contributed by atoms with Gasteiger partial charge in [-0.3, -0.25) is 0 Å². The lowest BCUT2D eigenvalue weighted by Gasteiger charge is -2.10. The van der Waals surface area contributed by atoms with Gasteiger partial charge < -0.3 is 4.90 Å². The predicted molar refractivity (Wildman–Crippen MR) is 64.3 cm³/mol. The molecule has 90 valence electrons. The van der Waals surface area contributed by atoms with Gasteiger partial charge in [0.1, 0.15) is 4.90 Å². The van der Waals surface area contributed by atoms with Gasteiger partial charge >= 0.3 is 0 Å². The van der Waals surface area contributed by atoms with Crippen LogP contribution in [0.5, 0.6) is 0 Å². The molecule has 0 heterocycles. The van der Waals surface area contributed by atoms with Crippen molar-refractivity contribution in [2.24, 2.45) is 0 Å². The Bertz CT molecular complexity index is 446. The Hall–Kier alpha value is -0.620. The molecule has 1 rings (SSSR count). The molecule has 1 aromatic carbocycles. The van der Waals surface area contributed by atoms with Crippen molar-refractivity contribution >= 4 is 21.6 Å². The third-order valence-corrected chi connectivity index (χ3v) is 4.00. The first kappa shape index (κ1) is 13.4. The second-order valence-electron chi connectivity index (χ2n) is 3.79. The number of likely N-dealkylation sites (N-methyl/N-ethyl adjacent to an activating group) is 1. The van der Waals surface area contributed by atoms with Crippen molar-refractivity contribution in [1.82, 2.24) is 4.72 Å². The Morgan fingerprint density at radius 3 is 2.50 bits per heavy atom. The molecule has 0 aliphatic carbocycles. The average molecular weight is 264 g/mol. The van der Waals surface area contributed by atoms with E-state index in [1.165, 1.54) is 11.0 Å². The molecule has 0 saturated carbocycles. The van der Waals surface area contributed by atoms with Crippen molar-refractivity contribution in [2.75, 3.05) is 27.2 Å². The van der Waals surface area contributed by atoms with E-state index < -0.39 is 10.0 Å². The molecule has 0 unspecified atom stereocenters. The quantitative estimate of drug-likeness (QED) is 0.771. The van der Waals surface area contributed by atoms with Crippen LogP contribution in [0.25, 0.3) is 0 Å². The molecule has 2 N–H and O–H groups in total. The Kier molecular flexibility index (Phi) is 4.73. The largest absolute Gasteiger partial charge is 0.339 e. The third kappa shape index (κ3) is 3.75. The summed E-state index contributed by atoms with van der Waals surface area (Å²) in [5.74, 6) is 0. The lowest BCUT2D eigenvalue weighted by atomic mass is 10.4. The number of benzene rings is 1. The first-order chi connectivity index (χ1) is 7.43. The fourth-order valence-electron chi connectivity index (χ4n) is 1.18. The predicted octanol–water partition coefficient (Wildman–Crippen LogP) is -0.237. The van der Waals surface area contributed by atoms with Gasteiger partial charge in [0.25, 0.3) is 0 Å². The molecule has 0 atom stereocenters. The maximum Gasteiger partial charge on any atom is 0.242 e. The monoisotopic (exact) mass is 263 g/mol. The molecule has 0 aliphatic rings. The molecule has 0 aromatic heterocycles. The number of hydrogen-bond donors (Lipinski definition) is 2. The van der Waals surface area contributed by atoms with E-state index in [9.17, 15) is 8.42 Å². The molecule has 0 aliphatic heterocycles. The van der Waals surface area contributed by atoms with E-state index in [0.29, 0.717) is 6.54 Å². The molecule has 0 fully saturated rings. The number of rotatable bonds is 5. The Balaban J connectivity index is 2.75. The normalized spacial score (nSPS) is 12.0. The average Bonchev–Trinajstić information content (AvgIpc) is 2.17. The van der Waals surface area contributed by atoms with E-state index in [2.05, 4.69) is 4.72 Å². The molecule has 1 aromatic rings. The molecular weight excluding hydrogens is 248 g/mol. The SMILES string of the molecule is C[NH+](C)CCNS(=O)(=O)c1ccccc1Cl. The zero-order chi connectivity index (χ0) is 12.2. The van der Waals surface area contributed by atoms with Crippen LogP contribution in [-0.4, -0.2) is 35.6 Å². The number of sulfonamides is 1. The summed E-state index contributed by atoms with van der Waals surface area (Å²) in [7, 11) is 0.442. The Morgan fingerprint density at radius 1 is 1.31 bits per heavy atom. The highest BCUT2D eigenvalue weighted by atomic mass is 35.5. The minimum absolute atomic E-state index is 0.130. The van der Waals surface area contributed by atoms with E-state index in [0.717, 1.165) is 6.54 Å². The van der Waals surface area contributed by atoms with E-state index in [1.54, 1.807) is 18.2 Å². The maximum absolute atomic E-state index is 11.8. The van der Waals surface area contributed by atoms with Crippen LogP contribution >= 0.6 is 11.6 Å². The molecule has 0 spiro atoms. The summed E-state index contributed by atoms with van der Waals surface area (Å²) in [6.07, 6.45) is 0. The van der Waals surface area contributed by atoms with Crippen LogP contribution < -0.4 is 9.62 Å². The molecule has 0 radical (unpaired) electrons. The van der Waals surface area contributed by atoms with Gasteiger partial charge in [-0.05, 0) is 12.1 Å². The van der Waals surface area contributed by atoms with Gasteiger partial charge in [-0.2, -0.15) is 0 Å². The molecular formula is C10H16ClN2O2S+. The number of hydrogen-bond acceptors (Lipinski definition) is 2. The van der Waals surface area contributed by atoms with Gasteiger partial charge in [0.15, 0.2) is 0 Å². The summed E-state index contributed by atoms with van der Waals surface area (Å²) < 4.78 is 26.2. The summed E-state index contributed by atoms with van der Waals surface area (Å²) >= 11 is 5.83. The van der Waals surface area contributed by atoms with Gasteiger partial charge in [0.05, 0.1) is 32.2 Å². The smallest absolute Gasteiger partial charge is 0.242 e. The van der Waals surface area contributed by atoms with Crippen molar-refractivity contribution in [1.29, 1.82) is 0 Å². The van der Waals surface area contributed by atoms with Gasteiger partial charge in [-0.15, -0.1) is 0 Å². The van der Waals surface area contributed by atoms with Crippen molar-refractivity contribution in [3.63, 3.8) is 0 Å². The van der Waals surface area contributed by atoms with Gasteiger partial charge in [0.2, 0.25) is 10.0 Å². The molecule has 0 amide bonds. The van der Waals surface area contributed by atoms with Crippen LogP contribution in [0.15, 0.2) is 29.2 Å². The lowest BCUT2D eigenvalue weighted by Crippen LogP contribution is -3.06. The van der Waals surface area contributed by atoms with Crippen molar-refractivity contribution in [3.05, 3.63) is 29.3 Å². The number of quaternary nitrogens is 1. The second kappa shape index (κ2) is 5.63. The molecule has 6 heteroatoms. The van der Waals surface area contributed by atoms with Crippen LogP contribution in [0.1, 0.15) is 0 Å². The van der Waals surface area contributed by atoms with Crippen LogP contribution in [-0.2, 0) is 10.0 Å². The third-order valence-electron chi connectivity index (χ3n) is 2.04. The lowest BCUT2D eigenvalue weighted by molar-refractivity contribution is -0.856. The minimum Gasteiger partial charge on any atom is -0.339 e. The molecule has 0 saturated heterocycles. The minimum atomic E-state index is -3.48. The van der Waals surface area contributed by atoms with Gasteiger partial charge in [0, 0.05) is 0 Å². The zero-order valence-corrected chi connectivity index (χ0v) is 10.9. The summed E-state index contributed by atoms with van der Waals surface area (Å²) in [4.78, 5) is 1.31. The first-order valence-electron chi connectivity index (χ1n) is 4.97. The fourth-order valence-corrected chi connectivity index (χ4v) is 2.73. The van der Waals surface area contributed by atoms with E-state index >= 15 is 0 Å². The standard InChI is InChI=1S/C10H15ClN2O2S/c1-13(2)8-7-12-16(14,15)10-6-4-3-5-9(10)11/h3-6,12H,7-8H2,1-2H3/p+1. The van der Waals surface area contributed by atoms with Gasteiger partial charge in [-0.25, -0.2) is 13.1 Å². The zero-order valence-electron chi connectivity index (χ0n) is 9.33. The summed E-state index contributed by atoms with van der Waals surface area (Å²) in [5.41, 5.74) is 0. The second-order valence-corrected chi connectivity index (χ2v) is 5.93. The van der Waals surface area contributed by atoms with E-state index in [1.807, 2.05) is 14.1 Å². The van der Waals surface area contributed by atoms with E-state index in [4.69, 9.17) is 11.6 Å². The highest BCUT2D eigenvalue weighted by Gasteiger charge is 2.16. The van der Waals surface area contributed by atoms with E-state index in [-0.39, 0.29) is 9.92 Å². The van der Waals surface area contributed by atoms with Crippen molar-refractivity contribution in [2.45, 2.75) is 4.90 Å². The number of halogens is 1. The highest BCUT2D eigenvalue weighted by molar-refractivity contribution is 7.89. The fraction of sp³-hybridized carbons (Fsp3) is 0.400. The van der Waals surface area contributed by atoms with Crippen LogP contribution in [0, 0.1) is 0 Å². The number of nitrogens with one attached hydrogen (secondary N) is 2. The van der Waals surface area contributed by atoms with Crippen molar-refractivity contribution in [3.8, 4) is 0 Å². The Labute approximate surface area is 101 Å². The van der Waals surface area contributed by atoms with Crippen LogP contribution in [0.3, 0.4) is 0 Å². The first-order valence-corrected chi connectivity index (χ1v) is 6.83. The summed E-state index contributed by atoms with van der Waals surface area (Å²) in [6, 6.07) is 6.41. The summed E-state index contributed by atoms with van der Waals surface area (Å²) in [5, 5.41) is 0.243. The van der Waals surface area contributed by atoms with Crippen molar-refractivity contribution < 1.29 is 13.3 Å². The van der Waals surface area contributed by atoms with Crippen LogP contribution in [0.4, 0.5) is 0 Å². The van der Waals surface area contributed by atoms with Gasteiger partial charge in [-0.1, -0.05) is 23.7 Å². The molecule has 4 nitrogen and oxygen atoms in total. The highest BCUT2D eigenvalue weighted by Crippen LogP contribution is 2.19. The Morgan fingerprint density at radius 2 is 1.94 bits per heavy atom. The van der Waals surface area contributed by atoms with Crippen LogP contribution in [0.2, 0.25) is 5.02 Å². The molecule has 16 heavy (non-hydrogen) atoms. The summed E-state index contributed by atoms with van der Waals surface area (Å²) in [6.45, 7) is 1.12. The maximum atomic E-state index is 11.8. The molecule has 0 bridgehead atoms. The topological polar surface area (TPSA) is 50.6 Å².